The fraction of sp³-hybridized carbons (Fsp3) is 0.538. The van der Waals surface area contributed by atoms with E-state index in [2.05, 4.69) is 0 Å². The van der Waals surface area contributed by atoms with E-state index in [1.54, 1.807) is 6.07 Å². The lowest BCUT2D eigenvalue weighted by Crippen LogP contribution is -2.35. The Balaban J connectivity index is 2.04. The van der Waals surface area contributed by atoms with Crippen LogP contribution in [0.1, 0.15) is 35.4 Å². The SMILES string of the molecule is N[C@@H]1[C@H]2CC[C@@H]1c1ccc(C(F)(F)F)cc1C2. The molecule has 3 atom stereocenters. The van der Waals surface area contributed by atoms with Gasteiger partial charge in [0.25, 0.3) is 0 Å². The van der Waals surface area contributed by atoms with Gasteiger partial charge in [-0.3, -0.25) is 0 Å². The minimum absolute atomic E-state index is 0.138. The van der Waals surface area contributed by atoms with Crippen molar-refractivity contribution >= 4 is 0 Å². The lowest BCUT2D eigenvalue weighted by atomic mass is 9.79. The van der Waals surface area contributed by atoms with Crippen molar-refractivity contribution in [1.82, 2.24) is 0 Å². The van der Waals surface area contributed by atoms with Crippen LogP contribution in [0.4, 0.5) is 13.2 Å². The Kier molecular flexibility index (Phi) is 2.27. The Hall–Kier alpha value is -1.03. The summed E-state index contributed by atoms with van der Waals surface area (Å²) in [6, 6.07) is 4.26. The van der Waals surface area contributed by atoms with Crippen molar-refractivity contribution in [2.75, 3.05) is 0 Å². The number of halogens is 3. The van der Waals surface area contributed by atoms with Gasteiger partial charge in [-0.15, -0.1) is 0 Å². The third kappa shape index (κ3) is 1.66. The van der Waals surface area contributed by atoms with Gasteiger partial charge in [0.2, 0.25) is 0 Å². The summed E-state index contributed by atoms with van der Waals surface area (Å²) in [5, 5.41) is 0. The zero-order valence-electron chi connectivity index (χ0n) is 9.30. The maximum atomic E-state index is 12.6. The average molecular weight is 241 g/mol. The first-order valence-corrected chi connectivity index (χ1v) is 5.92. The van der Waals surface area contributed by atoms with Crippen LogP contribution in [-0.4, -0.2) is 6.04 Å². The number of hydrogen-bond donors (Lipinski definition) is 1. The molecule has 1 aromatic rings. The molecule has 0 unspecified atom stereocenters. The van der Waals surface area contributed by atoms with Gasteiger partial charge in [-0.2, -0.15) is 13.2 Å². The molecule has 92 valence electrons. The van der Waals surface area contributed by atoms with Crippen LogP contribution in [0.25, 0.3) is 0 Å². The van der Waals surface area contributed by atoms with Gasteiger partial charge in [-0.1, -0.05) is 6.07 Å². The highest BCUT2D eigenvalue weighted by Gasteiger charge is 2.41. The fourth-order valence-corrected chi connectivity index (χ4v) is 3.31. The molecule has 0 heterocycles. The molecular formula is C13H14F3N. The van der Waals surface area contributed by atoms with E-state index in [0.717, 1.165) is 24.0 Å². The predicted molar refractivity (Wildman–Crippen MR) is 58.6 cm³/mol. The number of nitrogens with two attached hydrogens (primary N) is 1. The summed E-state index contributed by atoms with van der Waals surface area (Å²) in [6.07, 6.45) is -1.48. The van der Waals surface area contributed by atoms with Crippen molar-refractivity contribution in [1.29, 1.82) is 0 Å². The third-order valence-electron chi connectivity index (χ3n) is 4.21. The Morgan fingerprint density at radius 2 is 1.94 bits per heavy atom. The minimum atomic E-state index is -4.24. The Morgan fingerprint density at radius 1 is 1.18 bits per heavy atom. The smallest absolute Gasteiger partial charge is 0.327 e. The number of fused-ring (bicyclic) bond motifs is 4. The second kappa shape index (κ2) is 3.48. The molecule has 2 aliphatic rings. The van der Waals surface area contributed by atoms with Gasteiger partial charge in [0, 0.05) is 6.04 Å². The molecule has 0 radical (unpaired) electrons. The van der Waals surface area contributed by atoms with Crippen molar-refractivity contribution in [3.63, 3.8) is 0 Å². The lowest BCUT2D eigenvalue weighted by molar-refractivity contribution is -0.137. The first kappa shape index (κ1) is 11.1. The normalized spacial score (nSPS) is 31.4. The summed E-state index contributed by atoms with van der Waals surface area (Å²) >= 11 is 0. The number of hydrogen-bond acceptors (Lipinski definition) is 1. The van der Waals surface area contributed by atoms with Crippen LogP contribution in [0, 0.1) is 5.92 Å². The van der Waals surface area contributed by atoms with Crippen LogP contribution in [-0.2, 0) is 12.6 Å². The van der Waals surface area contributed by atoms with Crippen LogP contribution >= 0.6 is 0 Å². The first-order chi connectivity index (χ1) is 7.97. The highest BCUT2D eigenvalue weighted by molar-refractivity contribution is 5.40. The van der Waals surface area contributed by atoms with Crippen LogP contribution in [0.3, 0.4) is 0 Å². The molecule has 2 N–H and O–H groups in total. The molecule has 0 spiro atoms. The molecular weight excluding hydrogens is 227 g/mol. The van der Waals surface area contributed by atoms with Gasteiger partial charge >= 0.3 is 6.18 Å². The largest absolute Gasteiger partial charge is 0.416 e. The van der Waals surface area contributed by atoms with Crippen molar-refractivity contribution in [3.05, 3.63) is 34.9 Å². The van der Waals surface area contributed by atoms with E-state index in [1.807, 2.05) is 0 Å². The van der Waals surface area contributed by atoms with Gasteiger partial charge in [-0.25, -0.2) is 0 Å². The van der Waals surface area contributed by atoms with Gasteiger partial charge in [-0.05, 0) is 54.4 Å². The van der Waals surface area contributed by atoms with Crippen molar-refractivity contribution in [2.45, 2.75) is 37.4 Å². The van der Waals surface area contributed by atoms with Crippen molar-refractivity contribution in [3.8, 4) is 0 Å². The van der Waals surface area contributed by atoms with Gasteiger partial charge in [0.15, 0.2) is 0 Å². The molecule has 0 saturated heterocycles. The second-order valence-electron chi connectivity index (χ2n) is 5.14. The van der Waals surface area contributed by atoms with Gasteiger partial charge in [0.05, 0.1) is 5.56 Å². The predicted octanol–water partition coefficient (Wildman–Crippen LogP) is 3.08. The summed E-state index contributed by atoms with van der Waals surface area (Å²) < 4.78 is 37.9. The lowest BCUT2D eigenvalue weighted by Gasteiger charge is -2.29. The first-order valence-electron chi connectivity index (χ1n) is 5.92. The van der Waals surface area contributed by atoms with E-state index in [-0.39, 0.29) is 12.0 Å². The van der Waals surface area contributed by atoms with Crippen LogP contribution in [0.5, 0.6) is 0 Å². The molecule has 1 aromatic carbocycles. The summed E-state index contributed by atoms with van der Waals surface area (Å²) in [4.78, 5) is 0. The standard InChI is InChI=1S/C13H14F3N/c14-13(15,16)9-2-4-10-8(6-9)5-7-1-3-11(10)12(7)17/h2,4,6-7,11-12H,1,3,5,17H2/t7-,11+,12+/m0/s1. The molecule has 1 saturated carbocycles. The maximum Gasteiger partial charge on any atom is 0.416 e. The number of alkyl halides is 3. The minimum Gasteiger partial charge on any atom is -0.327 e. The Morgan fingerprint density at radius 3 is 2.65 bits per heavy atom. The van der Waals surface area contributed by atoms with E-state index >= 15 is 0 Å². The van der Waals surface area contributed by atoms with E-state index < -0.39 is 11.7 Å². The average Bonchev–Trinajstić information content (AvgIpc) is 2.51. The Labute approximate surface area is 97.8 Å². The molecule has 4 heteroatoms. The van der Waals surface area contributed by atoms with E-state index in [4.69, 9.17) is 5.73 Å². The second-order valence-corrected chi connectivity index (χ2v) is 5.14. The highest BCUT2D eigenvalue weighted by atomic mass is 19.4. The van der Waals surface area contributed by atoms with E-state index in [9.17, 15) is 13.2 Å². The summed E-state index contributed by atoms with van der Waals surface area (Å²) in [7, 11) is 0. The molecule has 3 rings (SSSR count). The highest BCUT2D eigenvalue weighted by Crippen LogP contribution is 2.46. The monoisotopic (exact) mass is 241 g/mol. The maximum absolute atomic E-state index is 12.6. The number of benzene rings is 1. The summed E-state index contributed by atoms with van der Waals surface area (Å²) in [6.45, 7) is 0. The molecule has 17 heavy (non-hydrogen) atoms. The van der Waals surface area contributed by atoms with Crippen LogP contribution < -0.4 is 5.73 Å². The van der Waals surface area contributed by atoms with E-state index in [1.165, 1.54) is 12.1 Å². The summed E-state index contributed by atoms with van der Waals surface area (Å²) in [5.41, 5.74) is 7.46. The molecule has 1 nitrogen and oxygen atoms in total. The molecule has 0 aromatic heterocycles. The van der Waals surface area contributed by atoms with Crippen molar-refractivity contribution in [2.24, 2.45) is 11.7 Å². The zero-order chi connectivity index (χ0) is 12.2. The third-order valence-corrected chi connectivity index (χ3v) is 4.21. The molecule has 1 fully saturated rings. The molecule has 0 aliphatic heterocycles. The van der Waals surface area contributed by atoms with Gasteiger partial charge in [0.1, 0.15) is 0 Å². The molecule has 2 aliphatic carbocycles. The van der Waals surface area contributed by atoms with Crippen LogP contribution in [0.15, 0.2) is 18.2 Å². The molecule has 0 amide bonds. The van der Waals surface area contributed by atoms with Crippen molar-refractivity contribution < 1.29 is 13.2 Å². The van der Waals surface area contributed by atoms with Crippen LogP contribution in [0.2, 0.25) is 0 Å². The quantitative estimate of drug-likeness (QED) is 0.742. The number of rotatable bonds is 0. The van der Waals surface area contributed by atoms with E-state index in [0.29, 0.717) is 12.3 Å². The topological polar surface area (TPSA) is 26.0 Å². The Bertz CT molecular complexity index is 452. The van der Waals surface area contributed by atoms with Gasteiger partial charge < -0.3 is 5.73 Å². The fourth-order valence-electron chi connectivity index (χ4n) is 3.31. The zero-order valence-corrected chi connectivity index (χ0v) is 9.30. The molecule has 2 bridgehead atoms. The summed E-state index contributed by atoms with van der Waals surface area (Å²) in [5.74, 6) is 0.641.